The van der Waals surface area contributed by atoms with Crippen molar-refractivity contribution in [3.63, 3.8) is 0 Å². The Kier molecular flexibility index (Phi) is 6.14. The summed E-state index contributed by atoms with van der Waals surface area (Å²) in [7, 11) is 0. The van der Waals surface area contributed by atoms with Crippen LogP contribution in [0.5, 0.6) is 0 Å². The van der Waals surface area contributed by atoms with Crippen molar-refractivity contribution in [3.05, 3.63) is 10.6 Å². The van der Waals surface area contributed by atoms with Crippen LogP contribution in [-0.2, 0) is 6.42 Å². The zero-order valence-corrected chi connectivity index (χ0v) is 12.3. The van der Waals surface area contributed by atoms with Crippen LogP contribution in [0.4, 0.5) is 0 Å². The van der Waals surface area contributed by atoms with Gasteiger partial charge in [0.1, 0.15) is 4.88 Å². The first-order valence-corrected chi connectivity index (χ1v) is 7.17. The van der Waals surface area contributed by atoms with E-state index in [1.807, 2.05) is 13.8 Å². The molecule has 7 heteroatoms. The van der Waals surface area contributed by atoms with Crippen molar-refractivity contribution in [2.24, 2.45) is 5.73 Å². The number of aromatic nitrogens is 2. The summed E-state index contributed by atoms with van der Waals surface area (Å²) in [4.78, 5) is 15.0. The molecule has 2 N–H and O–H groups in total. The summed E-state index contributed by atoms with van der Waals surface area (Å²) in [6.07, 6.45) is 2.57. The molecule has 1 aromatic heterocycles. The van der Waals surface area contributed by atoms with E-state index in [0.29, 0.717) is 23.0 Å². The third-order valence-electron chi connectivity index (χ3n) is 2.36. The van der Waals surface area contributed by atoms with Gasteiger partial charge in [-0.1, -0.05) is 37.0 Å². The Labute approximate surface area is 117 Å². The molecule has 0 fully saturated rings. The predicted octanol–water partition coefficient (Wildman–Crippen LogP) is 1.63. The molecule has 0 aromatic carbocycles. The zero-order valence-electron chi connectivity index (χ0n) is 10.7. The van der Waals surface area contributed by atoms with Gasteiger partial charge in [0, 0.05) is 6.54 Å². The van der Waals surface area contributed by atoms with Gasteiger partial charge in [-0.05, 0) is 24.4 Å². The summed E-state index contributed by atoms with van der Waals surface area (Å²) in [5.41, 5.74) is 6.30. The summed E-state index contributed by atoms with van der Waals surface area (Å²) in [5.74, 6) is -0.0666. The second-order valence-electron chi connectivity index (χ2n) is 3.99. The van der Waals surface area contributed by atoms with E-state index in [1.54, 1.807) is 4.90 Å². The highest BCUT2D eigenvalue weighted by atomic mass is 32.1. The van der Waals surface area contributed by atoms with Crippen LogP contribution in [-0.4, -0.2) is 38.5 Å². The third-order valence-corrected chi connectivity index (χ3v) is 3.25. The maximum Gasteiger partial charge on any atom is 0.267 e. The van der Waals surface area contributed by atoms with Crippen molar-refractivity contribution < 1.29 is 4.79 Å². The normalized spacial score (nSPS) is 10.3. The van der Waals surface area contributed by atoms with Gasteiger partial charge in [-0.15, -0.1) is 5.10 Å². The average Bonchev–Trinajstić information content (AvgIpc) is 2.76. The van der Waals surface area contributed by atoms with Crippen molar-refractivity contribution in [1.82, 2.24) is 14.5 Å². The van der Waals surface area contributed by atoms with E-state index in [4.69, 9.17) is 18.0 Å². The van der Waals surface area contributed by atoms with E-state index < -0.39 is 0 Å². The molecule has 1 heterocycles. The van der Waals surface area contributed by atoms with Gasteiger partial charge in [0.05, 0.1) is 17.2 Å². The van der Waals surface area contributed by atoms with Gasteiger partial charge < -0.3 is 10.6 Å². The number of thiocarbonyl (C=S) groups is 1. The first-order chi connectivity index (χ1) is 8.60. The summed E-state index contributed by atoms with van der Waals surface area (Å²) in [6.45, 7) is 5.01. The van der Waals surface area contributed by atoms with Crippen LogP contribution in [0.2, 0.25) is 0 Å². The zero-order chi connectivity index (χ0) is 13.5. The lowest BCUT2D eigenvalue weighted by molar-refractivity contribution is 0.0783. The van der Waals surface area contributed by atoms with Crippen molar-refractivity contribution in [2.75, 3.05) is 13.1 Å². The topological polar surface area (TPSA) is 72.1 Å². The van der Waals surface area contributed by atoms with Gasteiger partial charge in [-0.2, -0.15) is 0 Å². The van der Waals surface area contributed by atoms with E-state index >= 15 is 0 Å². The Hall–Kier alpha value is -1.08. The van der Waals surface area contributed by atoms with E-state index in [1.165, 1.54) is 0 Å². The third kappa shape index (κ3) is 3.99. The molecule has 0 saturated heterocycles. The first kappa shape index (κ1) is 15.0. The van der Waals surface area contributed by atoms with Crippen LogP contribution in [0, 0.1) is 0 Å². The van der Waals surface area contributed by atoms with Crippen LogP contribution in [0.3, 0.4) is 0 Å². The van der Waals surface area contributed by atoms with Crippen molar-refractivity contribution in [3.8, 4) is 0 Å². The van der Waals surface area contributed by atoms with Gasteiger partial charge in [-0.25, -0.2) is 0 Å². The van der Waals surface area contributed by atoms with Gasteiger partial charge in [-0.3, -0.25) is 4.79 Å². The number of hydrogen-bond acceptors (Lipinski definition) is 5. The predicted molar refractivity (Wildman–Crippen MR) is 76.9 cm³/mol. The minimum absolute atomic E-state index is 0.0666. The Morgan fingerprint density at radius 3 is 2.72 bits per heavy atom. The minimum atomic E-state index is -0.0666. The molecular weight excluding hydrogens is 268 g/mol. The molecule has 1 aromatic rings. The van der Waals surface area contributed by atoms with Gasteiger partial charge in [0.25, 0.3) is 5.91 Å². The number of nitrogens with two attached hydrogens (primary N) is 1. The number of hydrogen-bond donors (Lipinski definition) is 1. The standard InChI is InChI=1S/C11H18N4OS2/c1-3-5-8-10(18-14-13-8)11(16)15(6-4-2)7-9(12)17/h3-7H2,1-2H3,(H2,12,17). The van der Waals surface area contributed by atoms with E-state index in [2.05, 4.69) is 9.59 Å². The summed E-state index contributed by atoms with van der Waals surface area (Å²) < 4.78 is 3.86. The molecule has 0 unspecified atom stereocenters. The fourth-order valence-electron chi connectivity index (χ4n) is 1.63. The van der Waals surface area contributed by atoms with Crippen LogP contribution in [0.1, 0.15) is 42.1 Å². The van der Waals surface area contributed by atoms with Crippen molar-refractivity contribution >= 4 is 34.6 Å². The lowest BCUT2D eigenvalue weighted by Crippen LogP contribution is -2.38. The second-order valence-corrected chi connectivity index (χ2v) is 5.27. The van der Waals surface area contributed by atoms with Gasteiger partial charge in [0.2, 0.25) is 0 Å². The van der Waals surface area contributed by atoms with E-state index in [9.17, 15) is 4.79 Å². The van der Waals surface area contributed by atoms with Gasteiger partial charge >= 0.3 is 0 Å². The Morgan fingerprint density at radius 1 is 1.44 bits per heavy atom. The highest BCUT2D eigenvalue weighted by Gasteiger charge is 2.21. The van der Waals surface area contributed by atoms with E-state index in [0.717, 1.165) is 36.5 Å². The average molecular weight is 286 g/mol. The molecule has 0 aliphatic rings. The monoisotopic (exact) mass is 286 g/mol. The Bertz CT molecular complexity index is 419. The largest absolute Gasteiger partial charge is 0.392 e. The molecule has 1 rings (SSSR count). The maximum atomic E-state index is 12.4. The summed E-state index contributed by atoms with van der Waals surface area (Å²) in [5, 5.41) is 4.01. The number of nitrogens with zero attached hydrogens (tertiary/aromatic N) is 3. The molecule has 0 saturated carbocycles. The molecule has 0 radical (unpaired) electrons. The number of carbonyl (C=O) groups is 1. The molecule has 1 amide bonds. The second kappa shape index (κ2) is 7.38. The summed E-state index contributed by atoms with van der Waals surface area (Å²) >= 11 is 6.02. The van der Waals surface area contributed by atoms with E-state index in [-0.39, 0.29) is 5.91 Å². The molecule has 0 bridgehead atoms. The molecule has 0 aliphatic carbocycles. The first-order valence-electron chi connectivity index (χ1n) is 5.98. The molecule has 0 atom stereocenters. The number of amides is 1. The molecule has 100 valence electrons. The smallest absolute Gasteiger partial charge is 0.267 e. The van der Waals surface area contributed by atoms with Crippen molar-refractivity contribution in [1.29, 1.82) is 0 Å². The van der Waals surface area contributed by atoms with Crippen molar-refractivity contribution in [2.45, 2.75) is 33.1 Å². The fourth-order valence-corrected chi connectivity index (χ4v) is 2.46. The number of rotatable bonds is 7. The summed E-state index contributed by atoms with van der Waals surface area (Å²) in [6, 6.07) is 0. The minimum Gasteiger partial charge on any atom is -0.392 e. The lowest BCUT2D eigenvalue weighted by Gasteiger charge is -2.20. The Balaban J connectivity index is 2.86. The molecule has 0 aliphatic heterocycles. The highest BCUT2D eigenvalue weighted by Crippen LogP contribution is 2.15. The fraction of sp³-hybridized carbons (Fsp3) is 0.636. The quantitative estimate of drug-likeness (QED) is 0.771. The van der Waals surface area contributed by atoms with Crippen LogP contribution in [0.15, 0.2) is 0 Å². The Morgan fingerprint density at radius 2 is 2.17 bits per heavy atom. The molecule has 0 spiro atoms. The number of carbonyl (C=O) groups excluding carboxylic acids is 1. The number of aryl methyl sites for hydroxylation is 1. The molecule has 18 heavy (non-hydrogen) atoms. The lowest BCUT2D eigenvalue weighted by atomic mass is 10.2. The van der Waals surface area contributed by atoms with Crippen LogP contribution >= 0.6 is 23.8 Å². The molecular formula is C11H18N4OS2. The van der Waals surface area contributed by atoms with Gasteiger partial charge in [0.15, 0.2) is 0 Å². The maximum absolute atomic E-state index is 12.4. The highest BCUT2D eigenvalue weighted by molar-refractivity contribution is 7.80. The van der Waals surface area contributed by atoms with Crippen LogP contribution < -0.4 is 5.73 Å². The molecule has 5 nitrogen and oxygen atoms in total. The SMILES string of the molecule is CCCc1nnsc1C(=O)N(CCC)CC(N)=S. The van der Waals surface area contributed by atoms with Crippen LogP contribution in [0.25, 0.3) is 0 Å².